The second-order valence-corrected chi connectivity index (χ2v) is 7.89. The van der Waals surface area contributed by atoms with Crippen molar-refractivity contribution in [2.75, 3.05) is 0 Å². The van der Waals surface area contributed by atoms with E-state index in [0.717, 1.165) is 16.6 Å². The Morgan fingerprint density at radius 2 is 2.10 bits per heavy atom. The van der Waals surface area contributed by atoms with E-state index in [1.165, 1.54) is 16.0 Å². The third kappa shape index (κ3) is 4.10. The standard InChI is InChI=1S/C16H20BrNS2/c1-3-14(18)16(15-8-13(17)10-19-15)20-9-12-7-5-4-6-11(12)2/h4-8,10,14,16H,3,9,18H2,1-2H3. The van der Waals surface area contributed by atoms with Crippen LogP contribution in [0, 0.1) is 6.92 Å². The lowest BCUT2D eigenvalue weighted by molar-refractivity contribution is 0.639. The first-order valence-electron chi connectivity index (χ1n) is 6.77. The molecule has 0 bridgehead atoms. The molecule has 0 amide bonds. The molecule has 2 atom stereocenters. The Bertz CT molecular complexity index is 553. The van der Waals surface area contributed by atoms with E-state index in [9.17, 15) is 0 Å². The summed E-state index contributed by atoms with van der Waals surface area (Å²) >= 11 is 7.28. The molecular formula is C16H20BrNS2. The Labute approximate surface area is 138 Å². The molecule has 0 fully saturated rings. The van der Waals surface area contributed by atoms with Gasteiger partial charge in [-0.15, -0.1) is 23.1 Å². The molecule has 0 aliphatic heterocycles. The smallest absolute Gasteiger partial charge is 0.0545 e. The third-order valence-electron chi connectivity index (χ3n) is 3.41. The van der Waals surface area contributed by atoms with Gasteiger partial charge < -0.3 is 5.73 Å². The first-order chi connectivity index (χ1) is 9.61. The van der Waals surface area contributed by atoms with Gasteiger partial charge in [-0.05, 0) is 46.5 Å². The van der Waals surface area contributed by atoms with Gasteiger partial charge in [0.25, 0.3) is 0 Å². The quantitative estimate of drug-likeness (QED) is 0.723. The monoisotopic (exact) mass is 369 g/mol. The van der Waals surface area contributed by atoms with Gasteiger partial charge in [-0.3, -0.25) is 0 Å². The van der Waals surface area contributed by atoms with Crippen molar-refractivity contribution in [3.8, 4) is 0 Å². The van der Waals surface area contributed by atoms with Gasteiger partial charge in [0.15, 0.2) is 0 Å². The van der Waals surface area contributed by atoms with Crippen LogP contribution in [0.5, 0.6) is 0 Å². The van der Waals surface area contributed by atoms with E-state index >= 15 is 0 Å². The highest BCUT2D eigenvalue weighted by atomic mass is 79.9. The van der Waals surface area contributed by atoms with E-state index in [0.29, 0.717) is 5.25 Å². The summed E-state index contributed by atoms with van der Waals surface area (Å²) in [6, 6.07) is 11.0. The van der Waals surface area contributed by atoms with Gasteiger partial charge in [0.1, 0.15) is 0 Å². The third-order valence-corrected chi connectivity index (χ3v) is 6.77. The molecule has 1 aromatic carbocycles. The van der Waals surface area contributed by atoms with Crippen LogP contribution >= 0.6 is 39.0 Å². The number of aryl methyl sites for hydroxylation is 1. The van der Waals surface area contributed by atoms with E-state index in [2.05, 4.69) is 65.5 Å². The van der Waals surface area contributed by atoms with Gasteiger partial charge in [-0.2, -0.15) is 0 Å². The predicted molar refractivity (Wildman–Crippen MR) is 95.5 cm³/mol. The van der Waals surface area contributed by atoms with Gasteiger partial charge in [0, 0.05) is 26.5 Å². The first kappa shape index (κ1) is 16.1. The molecule has 108 valence electrons. The van der Waals surface area contributed by atoms with Crippen molar-refractivity contribution in [2.24, 2.45) is 5.73 Å². The average molecular weight is 370 g/mol. The van der Waals surface area contributed by atoms with E-state index in [-0.39, 0.29) is 6.04 Å². The molecule has 1 heterocycles. The summed E-state index contributed by atoms with van der Waals surface area (Å²) < 4.78 is 1.15. The first-order valence-corrected chi connectivity index (χ1v) is 9.49. The number of rotatable bonds is 6. The van der Waals surface area contributed by atoms with Crippen LogP contribution in [0.4, 0.5) is 0 Å². The Hall–Kier alpha value is -0.290. The van der Waals surface area contributed by atoms with Crippen LogP contribution in [0.25, 0.3) is 0 Å². The Kier molecular flexibility index (Phi) is 6.15. The van der Waals surface area contributed by atoms with E-state index in [1.807, 2.05) is 11.8 Å². The van der Waals surface area contributed by atoms with Gasteiger partial charge in [-0.25, -0.2) is 0 Å². The topological polar surface area (TPSA) is 26.0 Å². The molecule has 0 spiro atoms. The maximum Gasteiger partial charge on any atom is 0.0545 e. The minimum atomic E-state index is 0.203. The van der Waals surface area contributed by atoms with Crippen molar-refractivity contribution in [3.63, 3.8) is 0 Å². The number of hydrogen-bond acceptors (Lipinski definition) is 3. The lowest BCUT2D eigenvalue weighted by Crippen LogP contribution is -2.25. The molecule has 2 unspecified atom stereocenters. The maximum absolute atomic E-state index is 6.33. The predicted octanol–water partition coefficient (Wildman–Crippen LogP) is 5.53. The number of nitrogens with two attached hydrogens (primary N) is 1. The molecule has 0 aliphatic carbocycles. The van der Waals surface area contributed by atoms with Gasteiger partial charge in [0.05, 0.1) is 5.25 Å². The normalized spacial score (nSPS) is 14.2. The highest BCUT2D eigenvalue weighted by Crippen LogP contribution is 2.39. The highest BCUT2D eigenvalue weighted by Gasteiger charge is 2.21. The van der Waals surface area contributed by atoms with Crippen molar-refractivity contribution >= 4 is 39.0 Å². The van der Waals surface area contributed by atoms with Crippen LogP contribution in [-0.4, -0.2) is 6.04 Å². The fourth-order valence-corrected chi connectivity index (χ4v) is 5.28. The summed E-state index contributed by atoms with van der Waals surface area (Å²) in [5.41, 5.74) is 9.09. The molecule has 1 nitrogen and oxygen atoms in total. The zero-order chi connectivity index (χ0) is 14.5. The van der Waals surface area contributed by atoms with Crippen molar-refractivity contribution in [2.45, 2.75) is 37.3 Å². The Morgan fingerprint density at radius 3 is 2.70 bits per heavy atom. The second-order valence-electron chi connectivity index (χ2n) is 4.90. The minimum Gasteiger partial charge on any atom is -0.326 e. The summed E-state index contributed by atoms with van der Waals surface area (Å²) in [5.74, 6) is 1.01. The van der Waals surface area contributed by atoms with E-state index < -0.39 is 0 Å². The zero-order valence-corrected chi connectivity index (χ0v) is 15.0. The van der Waals surface area contributed by atoms with Gasteiger partial charge in [0.2, 0.25) is 0 Å². The summed E-state index contributed by atoms with van der Waals surface area (Å²) in [4.78, 5) is 1.37. The zero-order valence-electron chi connectivity index (χ0n) is 11.8. The summed E-state index contributed by atoms with van der Waals surface area (Å²) in [6.07, 6.45) is 1.00. The Morgan fingerprint density at radius 1 is 1.35 bits per heavy atom. The van der Waals surface area contributed by atoms with Gasteiger partial charge >= 0.3 is 0 Å². The van der Waals surface area contributed by atoms with E-state index in [1.54, 1.807) is 11.3 Å². The second kappa shape index (κ2) is 7.64. The van der Waals surface area contributed by atoms with Crippen molar-refractivity contribution in [1.29, 1.82) is 0 Å². The molecule has 1 aromatic heterocycles. The number of thioether (sulfide) groups is 1. The summed E-state index contributed by atoms with van der Waals surface area (Å²) in [5, 5.41) is 2.51. The van der Waals surface area contributed by atoms with Crippen LogP contribution in [0.15, 0.2) is 40.2 Å². The highest BCUT2D eigenvalue weighted by molar-refractivity contribution is 9.10. The number of benzene rings is 1. The largest absolute Gasteiger partial charge is 0.326 e. The van der Waals surface area contributed by atoms with Crippen LogP contribution < -0.4 is 5.73 Å². The van der Waals surface area contributed by atoms with Crippen LogP contribution in [0.3, 0.4) is 0 Å². The molecule has 0 radical (unpaired) electrons. The molecule has 20 heavy (non-hydrogen) atoms. The molecule has 0 aliphatic rings. The van der Waals surface area contributed by atoms with E-state index in [4.69, 9.17) is 5.73 Å². The Balaban J connectivity index is 2.11. The van der Waals surface area contributed by atoms with Crippen LogP contribution in [-0.2, 0) is 5.75 Å². The number of thiophene rings is 1. The average Bonchev–Trinajstić information content (AvgIpc) is 2.87. The van der Waals surface area contributed by atoms with Gasteiger partial charge in [-0.1, -0.05) is 31.2 Å². The summed E-state index contributed by atoms with van der Waals surface area (Å²) in [7, 11) is 0. The number of halogens is 1. The number of hydrogen-bond donors (Lipinski definition) is 1. The molecular weight excluding hydrogens is 350 g/mol. The fourth-order valence-electron chi connectivity index (χ4n) is 2.06. The SMILES string of the molecule is CCC(N)C(SCc1ccccc1C)c1cc(Br)cs1. The van der Waals surface area contributed by atoms with Crippen LogP contribution in [0.2, 0.25) is 0 Å². The van der Waals surface area contributed by atoms with Crippen LogP contribution in [0.1, 0.15) is 34.6 Å². The van der Waals surface area contributed by atoms with Crippen molar-refractivity contribution in [1.82, 2.24) is 0 Å². The molecule has 2 rings (SSSR count). The molecule has 2 aromatic rings. The summed E-state index contributed by atoms with van der Waals surface area (Å²) in [6.45, 7) is 4.33. The van der Waals surface area contributed by atoms with Crippen molar-refractivity contribution in [3.05, 3.63) is 56.2 Å². The molecule has 0 saturated heterocycles. The fraction of sp³-hybridized carbons (Fsp3) is 0.375. The van der Waals surface area contributed by atoms with Crippen molar-refractivity contribution < 1.29 is 0 Å². The molecule has 4 heteroatoms. The lowest BCUT2D eigenvalue weighted by Gasteiger charge is -2.21. The lowest BCUT2D eigenvalue weighted by atomic mass is 10.1. The molecule has 0 saturated carbocycles. The minimum absolute atomic E-state index is 0.203. The molecule has 2 N–H and O–H groups in total. The maximum atomic E-state index is 6.33.